The first-order valence-corrected chi connectivity index (χ1v) is 7.66. The van der Waals surface area contributed by atoms with Crippen LogP contribution in [0, 0.1) is 5.92 Å². The molecule has 3 nitrogen and oxygen atoms in total. The molecule has 0 aromatic heterocycles. The lowest BCUT2D eigenvalue weighted by molar-refractivity contribution is 0.375. The molecule has 0 amide bonds. The highest BCUT2D eigenvalue weighted by Gasteiger charge is 2.34. The average molecular weight is 277 g/mol. The van der Waals surface area contributed by atoms with E-state index in [1.807, 2.05) is 12.1 Å². The van der Waals surface area contributed by atoms with Crippen molar-refractivity contribution < 1.29 is 9.47 Å². The highest BCUT2D eigenvalue weighted by Crippen LogP contribution is 2.44. The molecule has 1 N–H and O–H groups in total. The Bertz CT molecular complexity index is 433. The van der Waals surface area contributed by atoms with E-state index in [9.17, 15) is 0 Å². The summed E-state index contributed by atoms with van der Waals surface area (Å²) in [4.78, 5) is 0. The smallest absolute Gasteiger partial charge is 0.122 e. The summed E-state index contributed by atoms with van der Waals surface area (Å²) in [5, 5.41) is 3.67. The molecule has 1 aliphatic carbocycles. The van der Waals surface area contributed by atoms with Crippen molar-refractivity contribution in [2.24, 2.45) is 5.92 Å². The normalized spacial score (nSPS) is 25.7. The molecule has 0 spiro atoms. The summed E-state index contributed by atoms with van der Waals surface area (Å²) >= 11 is 0. The molecule has 1 aromatic carbocycles. The molecular weight excluding hydrogens is 250 g/mol. The van der Waals surface area contributed by atoms with Crippen molar-refractivity contribution >= 4 is 0 Å². The minimum Gasteiger partial charge on any atom is -0.497 e. The third-order valence-corrected chi connectivity index (χ3v) is 4.55. The predicted molar refractivity (Wildman–Crippen MR) is 82.8 cm³/mol. The fourth-order valence-electron chi connectivity index (χ4n) is 3.35. The molecule has 3 heteroatoms. The molecule has 1 saturated carbocycles. The second kappa shape index (κ2) is 6.98. The second-order valence-electron chi connectivity index (χ2n) is 5.71. The Balaban J connectivity index is 2.19. The lowest BCUT2D eigenvalue weighted by atomic mass is 9.88. The zero-order chi connectivity index (χ0) is 14.5. The summed E-state index contributed by atoms with van der Waals surface area (Å²) in [5.41, 5.74) is 1.29. The minimum atomic E-state index is 0.550. The zero-order valence-corrected chi connectivity index (χ0v) is 13.1. The quantitative estimate of drug-likeness (QED) is 0.862. The van der Waals surface area contributed by atoms with E-state index in [1.165, 1.54) is 24.8 Å². The van der Waals surface area contributed by atoms with Crippen molar-refractivity contribution in [3.8, 4) is 11.5 Å². The van der Waals surface area contributed by atoms with Crippen LogP contribution in [0.1, 0.15) is 44.6 Å². The van der Waals surface area contributed by atoms with Gasteiger partial charge >= 0.3 is 0 Å². The first-order chi connectivity index (χ1) is 9.71. The van der Waals surface area contributed by atoms with Gasteiger partial charge in [-0.15, -0.1) is 0 Å². The Labute approximate surface area is 122 Å². The molecule has 0 radical (unpaired) electrons. The lowest BCUT2D eigenvalue weighted by Gasteiger charge is -2.23. The van der Waals surface area contributed by atoms with E-state index >= 15 is 0 Å². The Kier molecular flexibility index (Phi) is 5.30. The first-order valence-electron chi connectivity index (χ1n) is 7.66. The summed E-state index contributed by atoms with van der Waals surface area (Å²) in [5.74, 6) is 3.08. The van der Waals surface area contributed by atoms with Crippen LogP contribution in [0.5, 0.6) is 11.5 Å². The molecule has 1 aromatic rings. The number of hydrogen-bond donors (Lipinski definition) is 1. The van der Waals surface area contributed by atoms with E-state index in [4.69, 9.17) is 9.47 Å². The SMILES string of the molecule is CCCNC1CCC(c2cc(OC)ccc2OC)C1C. The van der Waals surface area contributed by atoms with Gasteiger partial charge < -0.3 is 14.8 Å². The zero-order valence-electron chi connectivity index (χ0n) is 13.1. The molecule has 112 valence electrons. The maximum atomic E-state index is 5.55. The fraction of sp³-hybridized carbons (Fsp3) is 0.647. The molecule has 1 fully saturated rings. The number of ether oxygens (including phenoxy) is 2. The minimum absolute atomic E-state index is 0.550. The van der Waals surface area contributed by atoms with Gasteiger partial charge in [0.05, 0.1) is 14.2 Å². The molecular formula is C17H27NO2. The number of methoxy groups -OCH3 is 2. The van der Waals surface area contributed by atoms with E-state index < -0.39 is 0 Å². The van der Waals surface area contributed by atoms with Crippen molar-refractivity contribution in [1.82, 2.24) is 5.32 Å². The molecule has 0 bridgehead atoms. The molecule has 0 saturated heterocycles. The van der Waals surface area contributed by atoms with E-state index in [0.717, 1.165) is 18.0 Å². The predicted octanol–water partition coefficient (Wildman–Crippen LogP) is 3.59. The Morgan fingerprint density at radius 3 is 2.65 bits per heavy atom. The summed E-state index contributed by atoms with van der Waals surface area (Å²) in [6.45, 7) is 5.68. The number of nitrogens with one attached hydrogen (secondary N) is 1. The molecule has 0 aliphatic heterocycles. The standard InChI is InChI=1S/C17H27NO2/c1-5-10-18-16-8-7-14(12(16)2)15-11-13(19-3)6-9-17(15)20-4/h6,9,11-12,14,16,18H,5,7-8,10H2,1-4H3. The monoisotopic (exact) mass is 277 g/mol. The summed E-state index contributed by atoms with van der Waals surface area (Å²) in [6, 6.07) is 6.75. The topological polar surface area (TPSA) is 30.5 Å². The maximum Gasteiger partial charge on any atom is 0.122 e. The van der Waals surface area contributed by atoms with Crippen LogP contribution in [0.15, 0.2) is 18.2 Å². The summed E-state index contributed by atoms with van der Waals surface area (Å²) in [6.07, 6.45) is 3.65. The summed E-state index contributed by atoms with van der Waals surface area (Å²) < 4.78 is 10.9. The van der Waals surface area contributed by atoms with E-state index in [2.05, 4.69) is 25.2 Å². The first kappa shape index (κ1) is 15.2. The molecule has 2 rings (SSSR count). The van der Waals surface area contributed by atoms with Crippen LogP contribution in [0.4, 0.5) is 0 Å². The van der Waals surface area contributed by atoms with Gasteiger partial charge in [-0.2, -0.15) is 0 Å². The van der Waals surface area contributed by atoms with Gasteiger partial charge in [0.1, 0.15) is 11.5 Å². The van der Waals surface area contributed by atoms with Crippen molar-refractivity contribution in [3.63, 3.8) is 0 Å². The highest BCUT2D eigenvalue weighted by molar-refractivity contribution is 5.43. The van der Waals surface area contributed by atoms with Gasteiger partial charge in [-0.25, -0.2) is 0 Å². The molecule has 1 aliphatic rings. The molecule has 3 unspecified atom stereocenters. The van der Waals surface area contributed by atoms with E-state index in [0.29, 0.717) is 17.9 Å². The lowest BCUT2D eigenvalue weighted by Crippen LogP contribution is -2.32. The van der Waals surface area contributed by atoms with Crippen molar-refractivity contribution in [2.75, 3.05) is 20.8 Å². The number of rotatable bonds is 6. The third-order valence-electron chi connectivity index (χ3n) is 4.55. The van der Waals surface area contributed by atoms with Gasteiger partial charge in [0.25, 0.3) is 0 Å². The van der Waals surface area contributed by atoms with Gasteiger partial charge in [-0.1, -0.05) is 13.8 Å². The average Bonchev–Trinajstić information content (AvgIpc) is 2.85. The number of hydrogen-bond acceptors (Lipinski definition) is 3. The molecule has 3 atom stereocenters. The van der Waals surface area contributed by atoms with Crippen molar-refractivity contribution in [3.05, 3.63) is 23.8 Å². The summed E-state index contributed by atoms with van der Waals surface area (Å²) in [7, 11) is 3.47. The van der Waals surface area contributed by atoms with Crippen LogP contribution >= 0.6 is 0 Å². The Hall–Kier alpha value is -1.22. The van der Waals surface area contributed by atoms with E-state index in [1.54, 1.807) is 14.2 Å². The van der Waals surface area contributed by atoms with Crippen LogP contribution in [-0.2, 0) is 0 Å². The van der Waals surface area contributed by atoms with Gasteiger partial charge in [-0.05, 0) is 55.8 Å². The highest BCUT2D eigenvalue weighted by atomic mass is 16.5. The van der Waals surface area contributed by atoms with Crippen LogP contribution in [0.2, 0.25) is 0 Å². The Morgan fingerprint density at radius 1 is 1.20 bits per heavy atom. The van der Waals surface area contributed by atoms with Crippen molar-refractivity contribution in [1.29, 1.82) is 0 Å². The van der Waals surface area contributed by atoms with Crippen LogP contribution in [0.25, 0.3) is 0 Å². The van der Waals surface area contributed by atoms with Crippen LogP contribution in [0.3, 0.4) is 0 Å². The molecule has 0 heterocycles. The van der Waals surface area contributed by atoms with Crippen LogP contribution in [-0.4, -0.2) is 26.8 Å². The van der Waals surface area contributed by atoms with Gasteiger partial charge in [0.15, 0.2) is 0 Å². The number of benzene rings is 1. The van der Waals surface area contributed by atoms with Crippen LogP contribution < -0.4 is 14.8 Å². The second-order valence-corrected chi connectivity index (χ2v) is 5.71. The third kappa shape index (κ3) is 3.09. The van der Waals surface area contributed by atoms with Gasteiger partial charge in [0, 0.05) is 11.6 Å². The largest absolute Gasteiger partial charge is 0.497 e. The van der Waals surface area contributed by atoms with Gasteiger partial charge in [-0.3, -0.25) is 0 Å². The van der Waals surface area contributed by atoms with E-state index in [-0.39, 0.29) is 0 Å². The Morgan fingerprint density at radius 2 is 2.00 bits per heavy atom. The maximum absolute atomic E-state index is 5.55. The fourth-order valence-corrected chi connectivity index (χ4v) is 3.35. The molecule has 20 heavy (non-hydrogen) atoms. The van der Waals surface area contributed by atoms with Gasteiger partial charge in [0.2, 0.25) is 0 Å². The van der Waals surface area contributed by atoms with Crippen molar-refractivity contribution in [2.45, 2.75) is 45.1 Å².